The number of aromatic nitrogens is 2. The van der Waals surface area contributed by atoms with E-state index in [1.807, 2.05) is 4.90 Å². The van der Waals surface area contributed by atoms with Crippen molar-refractivity contribution in [2.45, 2.75) is 4.90 Å². The van der Waals surface area contributed by atoms with Gasteiger partial charge in [0.1, 0.15) is 0 Å². The topological polar surface area (TPSA) is 135 Å². The molecule has 0 spiro atoms. The average molecular weight is 387 g/mol. The fourth-order valence-electron chi connectivity index (χ4n) is 2.98. The van der Waals surface area contributed by atoms with Gasteiger partial charge in [-0.3, -0.25) is 0 Å². The molecule has 0 amide bonds. The number of benzene rings is 1. The van der Waals surface area contributed by atoms with E-state index < -0.39 is 10.0 Å². The molecule has 1 aromatic heterocycles. The van der Waals surface area contributed by atoms with Crippen LogP contribution in [-0.2, 0) is 14.8 Å². The zero-order chi connectivity index (χ0) is 18.9. The van der Waals surface area contributed by atoms with E-state index >= 15 is 0 Å². The number of nitrogens with zero attached hydrogens (tertiary/aromatic N) is 6. The molecule has 1 saturated heterocycles. The Morgan fingerprint density at radius 3 is 2.48 bits per heavy atom. The summed E-state index contributed by atoms with van der Waals surface area (Å²) in [6.07, 6.45) is 3.30. The highest BCUT2D eigenvalue weighted by molar-refractivity contribution is 7.89. The van der Waals surface area contributed by atoms with Crippen LogP contribution in [0.4, 0.5) is 5.95 Å². The number of amidine groups is 1. The van der Waals surface area contributed by atoms with E-state index in [1.165, 1.54) is 6.07 Å². The molecule has 11 heteroatoms. The fraction of sp³-hybridized carbons (Fsp3) is 0.312. The summed E-state index contributed by atoms with van der Waals surface area (Å²) in [5.41, 5.74) is 1.52. The highest BCUT2D eigenvalue weighted by Crippen LogP contribution is 2.30. The molecule has 2 aliphatic heterocycles. The van der Waals surface area contributed by atoms with Crippen molar-refractivity contribution in [3.05, 3.63) is 36.2 Å². The van der Waals surface area contributed by atoms with E-state index in [0.29, 0.717) is 35.9 Å². The van der Waals surface area contributed by atoms with E-state index in [9.17, 15) is 8.42 Å². The molecule has 2 aliphatic rings. The second kappa shape index (κ2) is 7.10. The first-order chi connectivity index (χ1) is 13.0. The lowest BCUT2D eigenvalue weighted by molar-refractivity contribution is 0.122. The van der Waals surface area contributed by atoms with Crippen molar-refractivity contribution in [3.63, 3.8) is 0 Å². The molecule has 0 unspecified atom stereocenters. The number of nitrogens with two attached hydrogens (primary N) is 1. The van der Waals surface area contributed by atoms with Crippen molar-refractivity contribution in [2.24, 2.45) is 20.4 Å². The van der Waals surface area contributed by atoms with E-state index in [1.54, 1.807) is 24.5 Å². The van der Waals surface area contributed by atoms with Gasteiger partial charge in [-0.15, -0.1) is 5.11 Å². The summed E-state index contributed by atoms with van der Waals surface area (Å²) in [4.78, 5) is 15.0. The first kappa shape index (κ1) is 17.6. The first-order valence-electron chi connectivity index (χ1n) is 8.27. The smallest absolute Gasteiger partial charge is 0.238 e. The lowest BCUT2D eigenvalue weighted by Crippen LogP contribution is -2.37. The summed E-state index contributed by atoms with van der Waals surface area (Å²) in [5.74, 6) is 0.830. The number of hydrogen-bond donors (Lipinski definition) is 1. The molecule has 3 heterocycles. The van der Waals surface area contributed by atoms with Gasteiger partial charge < -0.3 is 9.64 Å². The highest BCUT2D eigenvalue weighted by Gasteiger charge is 2.24. The van der Waals surface area contributed by atoms with E-state index in [4.69, 9.17) is 9.88 Å². The van der Waals surface area contributed by atoms with Crippen LogP contribution in [0.2, 0.25) is 0 Å². The highest BCUT2D eigenvalue weighted by atomic mass is 32.2. The van der Waals surface area contributed by atoms with Crippen LogP contribution in [0, 0.1) is 0 Å². The van der Waals surface area contributed by atoms with E-state index in [0.717, 1.165) is 13.1 Å². The normalized spacial score (nSPS) is 17.2. The largest absolute Gasteiger partial charge is 0.378 e. The van der Waals surface area contributed by atoms with Gasteiger partial charge >= 0.3 is 0 Å². The molecule has 140 valence electrons. The Hall–Kier alpha value is -2.76. The molecule has 0 radical (unpaired) electrons. The van der Waals surface area contributed by atoms with Gasteiger partial charge in [0.2, 0.25) is 16.0 Å². The Labute approximate surface area is 155 Å². The van der Waals surface area contributed by atoms with Crippen molar-refractivity contribution in [1.29, 1.82) is 0 Å². The third-order valence-electron chi connectivity index (χ3n) is 4.25. The second-order valence-corrected chi connectivity index (χ2v) is 7.49. The maximum atomic E-state index is 12.1. The van der Waals surface area contributed by atoms with Gasteiger partial charge in [-0.25, -0.2) is 28.5 Å². The van der Waals surface area contributed by atoms with Crippen molar-refractivity contribution in [3.8, 4) is 11.1 Å². The lowest BCUT2D eigenvalue weighted by Gasteiger charge is -2.26. The molecule has 10 nitrogen and oxygen atoms in total. The number of primary sulfonamides is 1. The maximum absolute atomic E-state index is 12.1. The molecular formula is C16H17N7O3S. The summed E-state index contributed by atoms with van der Waals surface area (Å²) in [6.45, 7) is 2.87. The Bertz CT molecular complexity index is 1010. The van der Waals surface area contributed by atoms with Crippen LogP contribution in [0.3, 0.4) is 0 Å². The molecule has 0 saturated carbocycles. The quantitative estimate of drug-likeness (QED) is 0.824. The number of rotatable bonds is 4. The molecular weight excluding hydrogens is 370 g/mol. The van der Waals surface area contributed by atoms with Crippen molar-refractivity contribution >= 4 is 21.8 Å². The third-order valence-corrected chi connectivity index (χ3v) is 5.20. The van der Waals surface area contributed by atoms with Crippen LogP contribution >= 0.6 is 0 Å². The monoisotopic (exact) mass is 387 g/mol. The molecule has 1 fully saturated rings. The minimum Gasteiger partial charge on any atom is -0.378 e. The predicted octanol–water partition coefficient (Wildman–Crippen LogP) is 0.797. The van der Waals surface area contributed by atoms with Gasteiger partial charge in [-0.2, -0.15) is 5.11 Å². The molecule has 2 aromatic rings. The molecule has 0 atom stereocenters. The summed E-state index contributed by atoms with van der Waals surface area (Å²) >= 11 is 0. The Morgan fingerprint density at radius 2 is 1.85 bits per heavy atom. The van der Waals surface area contributed by atoms with Crippen molar-refractivity contribution in [1.82, 2.24) is 9.97 Å². The lowest BCUT2D eigenvalue weighted by atomic mass is 10.0. The van der Waals surface area contributed by atoms with Crippen LogP contribution in [0.15, 0.2) is 50.7 Å². The molecule has 27 heavy (non-hydrogen) atoms. The summed E-state index contributed by atoms with van der Waals surface area (Å²) in [6, 6.07) is 4.79. The van der Waals surface area contributed by atoms with Crippen molar-refractivity contribution < 1.29 is 13.2 Å². The van der Waals surface area contributed by atoms with Gasteiger partial charge in [-0.1, -0.05) is 12.1 Å². The number of morpholine rings is 1. The maximum Gasteiger partial charge on any atom is 0.238 e. The van der Waals surface area contributed by atoms with Gasteiger partial charge in [-0.05, 0) is 11.6 Å². The van der Waals surface area contributed by atoms with Gasteiger partial charge in [0.15, 0.2) is 12.5 Å². The minimum atomic E-state index is -3.97. The number of aliphatic imine (C=N–C) groups is 1. The predicted molar refractivity (Wildman–Crippen MR) is 98.1 cm³/mol. The van der Waals surface area contributed by atoms with Crippen LogP contribution in [-0.4, -0.2) is 57.2 Å². The van der Waals surface area contributed by atoms with Crippen LogP contribution < -0.4 is 10.0 Å². The summed E-state index contributed by atoms with van der Waals surface area (Å²) in [5, 5.41) is 13.1. The van der Waals surface area contributed by atoms with Crippen molar-refractivity contribution in [2.75, 3.05) is 37.9 Å². The molecule has 0 aliphatic carbocycles. The third kappa shape index (κ3) is 3.56. The second-order valence-electron chi connectivity index (χ2n) is 5.96. The van der Waals surface area contributed by atoms with Gasteiger partial charge in [0, 0.05) is 36.6 Å². The standard InChI is InChI=1S/C16H17N7O3S/c17-27(24,25)13-3-1-2-12(14(13)15-20-10-21-22-15)11-8-18-16(19-9-11)23-4-6-26-7-5-23/h1-3,8-9H,4-7,10H2,(H2,17,24,25). The zero-order valence-corrected chi connectivity index (χ0v) is 15.1. The number of sulfonamides is 1. The SMILES string of the molecule is NS(=O)(=O)c1cccc(-c2cnc(N3CCOCC3)nc2)c1C1=NCN=N1. The zero-order valence-electron chi connectivity index (χ0n) is 14.3. The van der Waals surface area contributed by atoms with Crippen LogP contribution in [0.25, 0.3) is 11.1 Å². The number of hydrogen-bond acceptors (Lipinski definition) is 9. The number of anilines is 1. The van der Waals surface area contributed by atoms with Gasteiger partial charge in [0.25, 0.3) is 0 Å². The van der Waals surface area contributed by atoms with E-state index in [2.05, 4.69) is 25.2 Å². The van der Waals surface area contributed by atoms with E-state index in [-0.39, 0.29) is 17.4 Å². The van der Waals surface area contributed by atoms with Crippen LogP contribution in [0.1, 0.15) is 5.56 Å². The first-order valence-corrected chi connectivity index (χ1v) is 9.82. The Kier molecular flexibility index (Phi) is 4.64. The fourth-order valence-corrected chi connectivity index (χ4v) is 3.74. The number of ether oxygens (including phenoxy) is 1. The summed E-state index contributed by atoms with van der Waals surface area (Å²) in [7, 11) is -3.97. The average Bonchev–Trinajstić information content (AvgIpc) is 3.22. The minimum absolute atomic E-state index is 0.0585. The molecule has 2 N–H and O–H groups in total. The van der Waals surface area contributed by atoms with Gasteiger partial charge in [0.05, 0.1) is 18.1 Å². The van der Waals surface area contributed by atoms with Crippen LogP contribution in [0.5, 0.6) is 0 Å². The summed E-state index contributed by atoms with van der Waals surface area (Å²) < 4.78 is 29.4. The number of azo groups is 1. The molecule has 0 bridgehead atoms. The Balaban J connectivity index is 1.78. The molecule has 4 rings (SSSR count). The molecule has 1 aromatic carbocycles. The Morgan fingerprint density at radius 1 is 1.11 bits per heavy atom.